The molecule has 0 unspecified atom stereocenters. The van der Waals surface area contributed by atoms with Gasteiger partial charge in [-0.05, 0) is 98.5 Å². The van der Waals surface area contributed by atoms with E-state index in [-0.39, 0.29) is 27.2 Å². The smallest absolute Gasteiger partial charge is 0.235 e. The van der Waals surface area contributed by atoms with Crippen molar-refractivity contribution in [2.24, 2.45) is 0 Å². The third kappa shape index (κ3) is 7.61. The summed E-state index contributed by atoms with van der Waals surface area (Å²) in [6.07, 6.45) is 3.37. The summed E-state index contributed by atoms with van der Waals surface area (Å²) >= 11 is 0. The Morgan fingerprint density at radius 1 is 0.438 bits per heavy atom. The van der Waals surface area contributed by atoms with E-state index in [2.05, 4.69) is 196 Å². The molecule has 0 amide bonds. The Bertz CT molecular complexity index is 2910. The Kier molecular flexibility index (Phi) is 9.94. The van der Waals surface area contributed by atoms with Crippen LogP contribution in [0, 0.1) is 11.3 Å². The fraction of sp³-hybridized carbons (Fsp3) is 0.291. The van der Waals surface area contributed by atoms with Crippen LogP contribution < -0.4 is 9.80 Å². The van der Waals surface area contributed by atoms with Gasteiger partial charge in [0.25, 0.3) is 0 Å². The van der Waals surface area contributed by atoms with Crippen LogP contribution in [0.5, 0.6) is 0 Å². The maximum absolute atomic E-state index is 10.7. The first kappa shape index (κ1) is 42.3. The van der Waals surface area contributed by atoms with Crippen molar-refractivity contribution < 1.29 is 8.83 Å². The van der Waals surface area contributed by atoms with Gasteiger partial charge in [-0.25, -0.2) is 19.9 Å². The standard InChI is InChI=1S/C55H55N7O2/c1-52(2,3)33-13-21-37(22-14-33)61(38-23-15-34(16-24-38)53(4,5)6)50-57-31-44-46(59-50)41-29-42-47-45(64-49(42)43(30-56)48(41)63-44)32-58-51(60-47)62(39-25-17-35(18-26-39)54(7,8)9)40-27-19-36(20-28-40)55(10,11)12/h13-29,31-32H,1-12H3. The predicted octanol–water partition coefficient (Wildman–Crippen LogP) is 15.1. The second-order valence-electron chi connectivity index (χ2n) is 20.9. The number of nitrogens with zero attached hydrogens (tertiary/aromatic N) is 7. The summed E-state index contributed by atoms with van der Waals surface area (Å²) in [5.74, 6) is 0.932. The van der Waals surface area contributed by atoms with Crippen LogP contribution >= 0.6 is 0 Å². The topological polar surface area (TPSA) is 108 Å². The van der Waals surface area contributed by atoms with Crippen molar-refractivity contribution in [1.29, 1.82) is 5.26 Å². The SMILES string of the molecule is CC(C)(C)c1ccc(N(c2ccc(C(C)(C)C)cc2)c2ncc3oc4c(C#N)c5oc6cnc(N(c7ccc(C(C)(C)C)cc7)c7ccc(C(C)(C)C)cc7)nc6c5cc4c3n2)cc1. The Balaban J connectivity index is 1.22. The number of benzene rings is 5. The summed E-state index contributed by atoms with van der Waals surface area (Å²) in [5.41, 5.74) is 11.6. The minimum atomic E-state index is -0.0107. The molecular formula is C55H55N7O2. The first-order valence-corrected chi connectivity index (χ1v) is 21.9. The van der Waals surface area contributed by atoms with Gasteiger partial charge in [0.15, 0.2) is 22.3 Å². The van der Waals surface area contributed by atoms with Crippen LogP contribution in [-0.2, 0) is 21.7 Å². The summed E-state index contributed by atoms with van der Waals surface area (Å²) in [7, 11) is 0. The molecule has 9 heteroatoms. The minimum absolute atomic E-state index is 0.0107. The number of rotatable bonds is 6. The first-order valence-electron chi connectivity index (χ1n) is 21.9. The molecule has 9 nitrogen and oxygen atoms in total. The van der Waals surface area contributed by atoms with Gasteiger partial charge in [-0.1, -0.05) is 132 Å². The van der Waals surface area contributed by atoms with Gasteiger partial charge in [0, 0.05) is 33.5 Å². The molecule has 9 rings (SSSR count). The average molecular weight is 846 g/mol. The van der Waals surface area contributed by atoms with Crippen LogP contribution in [0.3, 0.4) is 0 Å². The van der Waals surface area contributed by atoms with Crippen molar-refractivity contribution in [2.45, 2.75) is 105 Å². The molecule has 0 aliphatic rings. The zero-order valence-corrected chi connectivity index (χ0v) is 38.9. The average Bonchev–Trinajstić information content (AvgIpc) is 3.80. The summed E-state index contributed by atoms with van der Waals surface area (Å²) in [4.78, 5) is 24.3. The van der Waals surface area contributed by atoms with Gasteiger partial charge >= 0.3 is 0 Å². The molecule has 0 spiro atoms. The summed E-state index contributed by atoms with van der Waals surface area (Å²) < 4.78 is 12.8. The number of hydrogen-bond acceptors (Lipinski definition) is 9. The number of anilines is 6. The van der Waals surface area contributed by atoms with Gasteiger partial charge in [-0.3, -0.25) is 9.80 Å². The van der Waals surface area contributed by atoms with Crippen molar-refractivity contribution in [3.05, 3.63) is 143 Å². The number of aromatic nitrogens is 4. The molecule has 0 saturated heterocycles. The van der Waals surface area contributed by atoms with E-state index in [1.165, 1.54) is 22.3 Å². The highest BCUT2D eigenvalue weighted by atomic mass is 16.3. The van der Waals surface area contributed by atoms with Crippen molar-refractivity contribution in [2.75, 3.05) is 9.80 Å². The van der Waals surface area contributed by atoms with Gasteiger partial charge in [-0.15, -0.1) is 0 Å². The number of nitriles is 1. The molecule has 4 heterocycles. The number of hydrogen-bond donors (Lipinski definition) is 0. The molecule has 0 aliphatic heterocycles. The van der Waals surface area contributed by atoms with Crippen molar-refractivity contribution in [3.8, 4) is 6.07 Å². The Labute approximate surface area is 375 Å². The van der Waals surface area contributed by atoms with Crippen molar-refractivity contribution in [1.82, 2.24) is 19.9 Å². The van der Waals surface area contributed by atoms with E-state index < -0.39 is 0 Å². The van der Waals surface area contributed by atoms with E-state index in [9.17, 15) is 5.26 Å². The normalized spacial score (nSPS) is 12.7. The monoisotopic (exact) mass is 845 g/mol. The molecule has 9 aromatic rings. The highest BCUT2D eigenvalue weighted by molar-refractivity contribution is 6.16. The molecular weight excluding hydrogens is 791 g/mol. The van der Waals surface area contributed by atoms with Gasteiger partial charge in [0.05, 0.1) is 12.4 Å². The molecule has 0 bridgehead atoms. The highest BCUT2D eigenvalue weighted by Gasteiger charge is 2.27. The molecule has 0 aliphatic carbocycles. The van der Waals surface area contributed by atoms with E-state index in [4.69, 9.17) is 28.8 Å². The Morgan fingerprint density at radius 2 is 0.719 bits per heavy atom. The molecule has 5 aromatic carbocycles. The molecule has 0 saturated carbocycles. The van der Waals surface area contributed by atoms with Crippen LogP contribution in [0.2, 0.25) is 0 Å². The van der Waals surface area contributed by atoms with Gasteiger partial charge in [0.2, 0.25) is 11.9 Å². The second kappa shape index (κ2) is 15.0. The number of furan rings is 2. The van der Waals surface area contributed by atoms with Gasteiger partial charge < -0.3 is 8.83 Å². The third-order valence-electron chi connectivity index (χ3n) is 12.1. The Morgan fingerprint density at radius 3 is 0.969 bits per heavy atom. The van der Waals surface area contributed by atoms with E-state index in [0.29, 0.717) is 56.0 Å². The zero-order chi connectivity index (χ0) is 45.5. The van der Waals surface area contributed by atoms with Crippen LogP contribution in [0.15, 0.2) is 124 Å². The lowest BCUT2D eigenvalue weighted by molar-refractivity contribution is 0.590. The van der Waals surface area contributed by atoms with E-state index in [1.807, 2.05) is 6.07 Å². The van der Waals surface area contributed by atoms with E-state index >= 15 is 0 Å². The molecule has 322 valence electrons. The van der Waals surface area contributed by atoms with Crippen LogP contribution in [0.1, 0.15) is 111 Å². The molecule has 0 radical (unpaired) electrons. The lowest BCUT2D eigenvalue weighted by Crippen LogP contribution is -2.16. The highest BCUT2D eigenvalue weighted by Crippen LogP contribution is 2.43. The maximum atomic E-state index is 10.7. The zero-order valence-electron chi connectivity index (χ0n) is 38.9. The van der Waals surface area contributed by atoms with Crippen molar-refractivity contribution in [3.63, 3.8) is 0 Å². The Hall–Kier alpha value is -7.05. The fourth-order valence-electron chi connectivity index (χ4n) is 8.21. The van der Waals surface area contributed by atoms with E-state index in [1.54, 1.807) is 12.4 Å². The van der Waals surface area contributed by atoms with Gasteiger partial charge in [0.1, 0.15) is 22.7 Å². The quantitative estimate of drug-likeness (QED) is 0.162. The first-order chi connectivity index (χ1) is 30.2. The lowest BCUT2D eigenvalue weighted by atomic mass is 9.87. The summed E-state index contributed by atoms with van der Waals surface area (Å²) in [5, 5.41) is 12.0. The number of fused-ring (bicyclic) bond motifs is 6. The van der Waals surface area contributed by atoms with Gasteiger partial charge in [-0.2, -0.15) is 5.26 Å². The molecule has 4 aromatic heterocycles. The summed E-state index contributed by atoms with van der Waals surface area (Å²) in [6.45, 7) is 26.5. The fourth-order valence-corrected chi connectivity index (χ4v) is 8.21. The van der Waals surface area contributed by atoms with E-state index in [0.717, 1.165) is 22.7 Å². The minimum Gasteiger partial charge on any atom is -0.451 e. The van der Waals surface area contributed by atoms with Crippen LogP contribution in [0.25, 0.3) is 44.1 Å². The molecule has 64 heavy (non-hydrogen) atoms. The lowest BCUT2D eigenvalue weighted by Gasteiger charge is -2.26. The summed E-state index contributed by atoms with van der Waals surface area (Å²) in [6, 6.07) is 38.6. The molecule has 0 atom stereocenters. The maximum Gasteiger partial charge on any atom is 0.235 e. The molecule has 0 N–H and O–H groups in total. The van der Waals surface area contributed by atoms with Crippen LogP contribution in [-0.4, -0.2) is 19.9 Å². The third-order valence-corrected chi connectivity index (χ3v) is 12.1. The van der Waals surface area contributed by atoms with Crippen LogP contribution in [0.4, 0.5) is 34.6 Å². The largest absolute Gasteiger partial charge is 0.451 e. The van der Waals surface area contributed by atoms with Crippen molar-refractivity contribution >= 4 is 78.8 Å². The second-order valence-corrected chi connectivity index (χ2v) is 20.9. The predicted molar refractivity (Wildman–Crippen MR) is 261 cm³/mol. The molecule has 0 fully saturated rings.